The zero-order valence-corrected chi connectivity index (χ0v) is 14.6. The average molecular weight is 360 g/mol. The van der Waals surface area contributed by atoms with E-state index >= 15 is 0 Å². The number of likely N-dealkylation sites (tertiary alicyclic amines) is 1. The Morgan fingerprint density at radius 2 is 2.04 bits per heavy atom. The van der Waals surface area contributed by atoms with Gasteiger partial charge in [0.1, 0.15) is 11.3 Å². The molecular formula is C16H21FN8O. The number of hydrogen-bond acceptors (Lipinski definition) is 7. The van der Waals surface area contributed by atoms with Crippen LogP contribution < -0.4 is 0 Å². The number of piperidine rings is 1. The molecule has 0 unspecified atom stereocenters. The van der Waals surface area contributed by atoms with Gasteiger partial charge in [0.05, 0.1) is 31.3 Å². The Kier molecular flexibility index (Phi) is 4.85. The van der Waals surface area contributed by atoms with Crippen molar-refractivity contribution in [2.45, 2.75) is 32.0 Å². The van der Waals surface area contributed by atoms with Gasteiger partial charge in [-0.3, -0.25) is 4.90 Å². The van der Waals surface area contributed by atoms with E-state index in [0.717, 1.165) is 37.3 Å². The lowest BCUT2D eigenvalue weighted by molar-refractivity contribution is 0.161. The maximum absolute atomic E-state index is 13.3. The minimum absolute atomic E-state index is 0.270. The van der Waals surface area contributed by atoms with Gasteiger partial charge < -0.3 is 4.74 Å². The fourth-order valence-corrected chi connectivity index (χ4v) is 3.39. The maximum atomic E-state index is 13.3. The third-order valence-corrected chi connectivity index (χ3v) is 4.81. The number of benzene rings is 1. The number of aromatic nitrogens is 7. The van der Waals surface area contributed by atoms with Crippen molar-refractivity contribution < 1.29 is 9.13 Å². The second-order valence-corrected chi connectivity index (χ2v) is 6.49. The molecule has 0 amide bonds. The summed E-state index contributed by atoms with van der Waals surface area (Å²) >= 11 is 0. The second-order valence-electron chi connectivity index (χ2n) is 6.49. The summed E-state index contributed by atoms with van der Waals surface area (Å²) in [6.45, 7) is 3.79. The van der Waals surface area contributed by atoms with Crippen LogP contribution in [-0.2, 0) is 17.8 Å². The molecule has 0 aliphatic carbocycles. The average Bonchev–Trinajstić information content (AvgIpc) is 3.27. The van der Waals surface area contributed by atoms with E-state index in [0.29, 0.717) is 25.2 Å². The Labute approximate surface area is 149 Å². The molecule has 1 aliphatic heterocycles. The lowest BCUT2D eigenvalue weighted by Gasteiger charge is -2.31. The van der Waals surface area contributed by atoms with E-state index in [1.165, 1.54) is 12.1 Å². The molecule has 9 nitrogen and oxygen atoms in total. The molecule has 2 aromatic heterocycles. The number of nitrogens with zero attached hydrogens (tertiary/aromatic N) is 8. The van der Waals surface area contributed by atoms with Gasteiger partial charge >= 0.3 is 0 Å². The van der Waals surface area contributed by atoms with E-state index in [9.17, 15) is 4.39 Å². The highest BCUT2D eigenvalue weighted by atomic mass is 19.1. The van der Waals surface area contributed by atoms with Crippen molar-refractivity contribution in [3.8, 4) is 0 Å². The zero-order chi connectivity index (χ0) is 17.9. The van der Waals surface area contributed by atoms with Crippen molar-refractivity contribution in [2.75, 3.05) is 26.8 Å². The van der Waals surface area contributed by atoms with Gasteiger partial charge in [-0.1, -0.05) is 5.21 Å². The Balaban J connectivity index is 1.39. The smallest absolute Gasteiger partial charge is 0.165 e. The number of methoxy groups -OCH3 is 1. The molecule has 3 heterocycles. The van der Waals surface area contributed by atoms with Crippen molar-refractivity contribution in [1.29, 1.82) is 0 Å². The summed E-state index contributed by atoms with van der Waals surface area (Å²) in [5, 5.41) is 20.2. The van der Waals surface area contributed by atoms with Gasteiger partial charge in [-0.15, -0.1) is 10.2 Å². The molecule has 1 aliphatic rings. The van der Waals surface area contributed by atoms with Crippen molar-refractivity contribution in [3.63, 3.8) is 0 Å². The van der Waals surface area contributed by atoms with Crippen LogP contribution in [0.5, 0.6) is 0 Å². The summed E-state index contributed by atoms with van der Waals surface area (Å²) in [7, 11) is 1.66. The highest BCUT2D eigenvalue weighted by molar-refractivity contribution is 5.74. The molecule has 1 fully saturated rings. The van der Waals surface area contributed by atoms with E-state index in [1.54, 1.807) is 17.9 Å². The van der Waals surface area contributed by atoms with Crippen LogP contribution in [0.15, 0.2) is 18.2 Å². The Morgan fingerprint density at radius 1 is 1.19 bits per heavy atom. The first-order chi connectivity index (χ1) is 12.7. The predicted molar refractivity (Wildman–Crippen MR) is 90.7 cm³/mol. The molecule has 10 heteroatoms. The molecule has 1 saturated heterocycles. The van der Waals surface area contributed by atoms with Crippen molar-refractivity contribution >= 4 is 11.0 Å². The number of rotatable bonds is 6. The lowest BCUT2D eigenvalue weighted by atomic mass is 10.0. The minimum atomic E-state index is -0.287. The summed E-state index contributed by atoms with van der Waals surface area (Å²) in [5.74, 6) is 0.563. The third-order valence-electron chi connectivity index (χ3n) is 4.81. The zero-order valence-electron chi connectivity index (χ0n) is 14.6. The molecule has 0 N–H and O–H groups in total. The van der Waals surface area contributed by atoms with Crippen LogP contribution in [0.2, 0.25) is 0 Å². The first-order valence-electron chi connectivity index (χ1n) is 8.71. The summed E-state index contributed by atoms with van der Waals surface area (Å²) in [5.41, 5.74) is 1.48. The molecule has 3 aromatic rings. The molecule has 0 saturated carbocycles. The Bertz CT molecular complexity index is 870. The number of tetrazole rings is 1. The molecule has 1 aromatic carbocycles. The minimum Gasteiger partial charge on any atom is -0.383 e. The maximum Gasteiger partial charge on any atom is 0.165 e. The van der Waals surface area contributed by atoms with Gasteiger partial charge in [0.2, 0.25) is 0 Å². The van der Waals surface area contributed by atoms with Crippen LogP contribution in [0.1, 0.15) is 24.7 Å². The van der Waals surface area contributed by atoms with Crippen LogP contribution in [0.4, 0.5) is 4.39 Å². The van der Waals surface area contributed by atoms with Gasteiger partial charge in [-0.2, -0.15) is 0 Å². The van der Waals surface area contributed by atoms with Gasteiger partial charge in [-0.05, 0) is 35.4 Å². The quantitative estimate of drug-likeness (QED) is 0.649. The van der Waals surface area contributed by atoms with Gasteiger partial charge in [0, 0.05) is 26.3 Å². The van der Waals surface area contributed by atoms with Crippen molar-refractivity contribution in [1.82, 2.24) is 40.1 Å². The normalized spacial score (nSPS) is 16.5. The molecule has 0 bridgehead atoms. The fraction of sp³-hybridized carbons (Fsp3) is 0.562. The summed E-state index contributed by atoms with van der Waals surface area (Å²) in [6.07, 6.45) is 1.91. The SMILES string of the molecule is COCCn1nnnc1CN1CCC(n2nnc3cc(F)ccc32)CC1. The number of hydrogen-bond donors (Lipinski definition) is 0. The molecule has 0 atom stereocenters. The van der Waals surface area contributed by atoms with E-state index in [4.69, 9.17) is 4.74 Å². The fourth-order valence-electron chi connectivity index (χ4n) is 3.39. The van der Waals surface area contributed by atoms with Crippen LogP contribution in [-0.4, -0.2) is 66.9 Å². The monoisotopic (exact) mass is 360 g/mol. The van der Waals surface area contributed by atoms with Crippen molar-refractivity contribution in [3.05, 3.63) is 29.8 Å². The molecule has 4 rings (SSSR count). The Hall–Kier alpha value is -2.46. The lowest BCUT2D eigenvalue weighted by Crippen LogP contribution is -2.35. The topological polar surface area (TPSA) is 86.8 Å². The van der Waals surface area contributed by atoms with E-state index in [1.807, 2.05) is 4.68 Å². The summed E-state index contributed by atoms with van der Waals surface area (Å²) in [6, 6.07) is 4.90. The van der Waals surface area contributed by atoms with Gasteiger partial charge in [0.25, 0.3) is 0 Å². The Morgan fingerprint density at radius 3 is 2.85 bits per heavy atom. The molecule has 0 radical (unpaired) electrons. The molecule has 26 heavy (non-hydrogen) atoms. The molecular weight excluding hydrogens is 339 g/mol. The van der Waals surface area contributed by atoms with Gasteiger partial charge in [0.15, 0.2) is 5.82 Å². The van der Waals surface area contributed by atoms with Crippen molar-refractivity contribution in [2.24, 2.45) is 0 Å². The van der Waals surface area contributed by atoms with Crippen LogP contribution >= 0.6 is 0 Å². The first kappa shape index (κ1) is 17.0. The van der Waals surface area contributed by atoms with Crippen LogP contribution in [0.25, 0.3) is 11.0 Å². The number of ether oxygens (including phenoxy) is 1. The standard InChI is InChI=1S/C16H21FN8O/c1-26-9-8-24-16(19-20-22-24)11-23-6-4-13(5-7-23)25-15-3-2-12(17)10-14(15)18-21-25/h2-3,10,13H,4-9,11H2,1H3. The second kappa shape index (κ2) is 7.42. The predicted octanol–water partition coefficient (Wildman–Crippen LogP) is 1.04. The van der Waals surface area contributed by atoms with Crippen LogP contribution in [0, 0.1) is 5.82 Å². The van der Waals surface area contributed by atoms with E-state index in [-0.39, 0.29) is 11.9 Å². The van der Waals surface area contributed by atoms with Gasteiger partial charge in [-0.25, -0.2) is 13.8 Å². The number of fused-ring (bicyclic) bond motifs is 1. The molecule has 138 valence electrons. The summed E-state index contributed by atoms with van der Waals surface area (Å²) in [4.78, 5) is 2.34. The van der Waals surface area contributed by atoms with Crippen LogP contribution in [0.3, 0.4) is 0 Å². The number of halogens is 1. The van der Waals surface area contributed by atoms with E-state index in [2.05, 4.69) is 30.7 Å². The first-order valence-corrected chi connectivity index (χ1v) is 8.71. The highest BCUT2D eigenvalue weighted by Gasteiger charge is 2.24. The largest absolute Gasteiger partial charge is 0.383 e. The highest BCUT2D eigenvalue weighted by Crippen LogP contribution is 2.26. The summed E-state index contributed by atoms with van der Waals surface area (Å²) < 4.78 is 22.1. The third kappa shape index (κ3) is 3.42. The van der Waals surface area contributed by atoms with E-state index < -0.39 is 0 Å². The molecule has 0 spiro atoms.